The highest BCUT2D eigenvalue weighted by Crippen LogP contribution is 2.36. The summed E-state index contributed by atoms with van der Waals surface area (Å²) in [5, 5.41) is 0.107. The van der Waals surface area contributed by atoms with E-state index < -0.39 is 10.0 Å². The lowest BCUT2D eigenvalue weighted by Crippen LogP contribution is -2.31. The van der Waals surface area contributed by atoms with Crippen LogP contribution in [-0.2, 0) is 26.2 Å². The molecular formula is C28H28N2O6S2. The van der Waals surface area contributed by atoms with E-state index in [4.69, 9.17) is 14.2 Å². The van der Waals surface area contributed by atoms with Crippen molar-refractivity contribution >= 4 is 38.9 Å². The van der Waals surface area contributed by atoms with E-state index in [1.807, 2.05) is 30.3 Å². The summed E-state index contributed by atoms with van der Waals surface area (Å²) < 4.78 is 46.4. The first-order valence-corrected chi connectivity index (χ1v) is 14.1. The molecule has 1 aliphatic heterocycles. The topological polar surface area (TPSA) is 94.5 Å². The lowest BCUT2D eigenvalue weighted by atomic mass is 10.1. The van der Waals surface area contributed by atoms with Crippen LogP contribution in [-0.4, -0.2) is 51.8 Å². The summed E-state index contributed by atoms with van der Waals surface area (Å²) in [6.45, 7) is 1.05. The van der Waals surface area contributed by atoms with Crippen molar-refractivity contribution in [3.63, 3.8) is 0 Å². The molecule has 0 atom stereocenters. The van der Waals surface area contributed by atoms with Gasteiger partial charge in [0.1, 0.15) is 6.61 Å². The second kappa shape index (κ2) is 12.8. The molecule has 0 radical (unpaired) electrons. The SMILES string of the molecule is COCCCN1C(=O)/C(=C/c2ccc(OC)c(OCc3ccccc3)c2)SC1=NS(=O)(=O)c1ccccc1. The number of sulfonamides is 1. The van der Waals surface area contributed by atoms with Gasteiger partial charge in [0.15, 0.2) is 16.7 Å². The van der Waals surface area contributed by atoms with Gasteiger partial charge in [-0.15, -0.1) is 4.40 Å². The number of carbonyl (C=O) groups is 1. The van der Waals surface area contributed by atoms with Crippen molar-refractivity contribution in [1.29, 1.82) is 0 Å². The molecule has 1 aliphatic rings. The summed E-state index contributed by atoms with van der Waals surface area (Å²) in [6.07, 6.45) is 2.23. The lowest BCUT2D eigenvalue weighted by Gasteiger charge is -2.15. The Kier molecular flexibility index (Phi) is 9.22. The van der Waals surface area contributed by atoms with Crippen molar-refractivity contribution in [3.8, 4) is 11.5 Å². The van der Waals surface area contributed by atoms with Gasteiger partial charge < -0.3 is 14.2 Å². The zero-order valence-corrected chi connectivity index (χ0v) is 22.7. The van der Waals surface area contributed by atoms with Gasteiger partial charge in [-0.05, 0) is 59.7 Å². The molecule has 1 saturated heterocycles. The van der Waals surface area contributed by atoms with Crippen LogP contribution in [0.25, 0.3) is 6.08 Å². The summed E-state index contributed by atoms with van der Waals surface area (Å²) >= 11 is 1.02. The fraction of sp³-hybridized carbons (Fsp3) is 0.214. The van der Waals surface area contributed by atoms with E-state index in [-0.39, 0.29) is 22.5 Å². The molecule has 1 heterocycles. The van der Waals surface area contributed by atoms with Gasteiger partial charge in [0.25, 0.3) is 15.9 Å². The predicted octanol–water partition coefficient (Wildman–Crippen LogP) is 4.97. The highest BCUT2D eigenvalue weighted by atomic mass is 32.2. The van der Waals surface area contributed by atoms with Crippen LogP contribution in [0.5, 0.6) is 11.5 Å². The summed E-state index contributed by atoms with van der Waals surface area (Å²) in [7, 11) is -0.864. The molecule has 0 bridgehead atoms. The molecule has 38 heavy (non-hydrogen) atoms. The molecule has 0 unspecified atom stereocenters. The smallest absolute Gasteiger partial charge is 0.284 e. The molecule has 0 spiro atoms. The van der Waals surface area contributed by atoms with Crippen LogP contribution in [0.4, 0.5) is 0 Å². The van der Waals surface area contributed by atoms with Crippen molar-refractivity contribution in [2.24, 2.45) is 4.40 Å². The number of carbonyl (C=O) groups excluding carboxylic acids is 1. The third kappa shape index (κ3) is 6.83. The van der Waals surface area contributed by atoms with Crippen LogP contribution in [0.3, 0.4) is 0 Å². The monoisotopic (exact) mass is 552 g/mol. The van der Waals surface area contributed by atoms with Crippen molar-refractivity contribution in [3.05, 3.63) is 94.9 Å². The van der Waals surface area contributed by atoms with Crippen molar-refractivity contribution in [2.45, 2.75) is 17.9 Å². The Bertz CT molecular complexity index is 1420. The van der Waals surface area contributed by atoms with E-state index in [0.29, 0.717) is 41.6 Å². The lowest BCUT2D eigenvalue weighted by molar-refractivity contribution is -0.122. The maximum absolute atomic E-state index is 13.3. The fourth-order valence-electron chi connectivity index (χ4n) is 3.67. The Balaban J connectivity index is 1.62. The molecule has 1 fully saturated rings. The van der Waals surface area contributed by atoms with E-state index in [1.165, 1.54) is 17.0 Å². The number of thioether (sulfide) groups is 1. The second-order valence-electron chi connectivity index (χ2n) is 8.26. The van der Waals surface area contributed by atoms with Gasteiger partial charge in [-0.3, -0.25) is 9.69 Å². The van der Waals surface area contributed by atoms with Gasteiger partial charge in [0.05, 0.1) is 16.9 Å². The summed E-state index contributed by atoms with van der Waals surface area (Å²) in [6, 6.07) is 23.0. The zero-order valence-electron chi connectivity index (χ0n) is 21.1. The minimum absolute atomic E-state index is 0.0604. The van der Waals surface area contributed by atoms with E-state index in [0.717, 1.165) is 17.3 Å². The first-order valence-electron chi connectivity index (χ1n) is 11.9. The number of amidine groups is 1. The number of benzene rings is 3. The second-order valence-corrected chi connectivity index (χ2v) is 10.9. The molecule has 0 aliphatic carbocycles. The molecule has 1 amide bonds. The number of ether oxygens (including phenoxy) is 3. The van der Waals surface area contributed by atoms with E-state index >= 15 is 0 Å². The quantitative estimate of drug-likeness (QED) is 0.245. The van der Waals surface area contributed by atoms with Gasteiger partial charge >= 0.3 is 0 Å². The summed E-state index contributed by atoms with van der Waals surface area (Å²) in [4.78, 5) is 15.1. The van der Waals surface area contributed by atoms with E-state index in [1.54, 1.807) is 56.7 Å². The highest BCUT2D eigenvalue weighted by molar-refractivity contribution is 8.19. The molecule has 8 nitrogen and oxygen atoms in total. The molecular weight excluding hydrogens is 524 g/mol. The highest BCUT2D eigenvalue weighted by Gasteiger charge is 2.34. The molecule has 0 aromatic heterocycles. The van der Waals surface area contributed by atoms with Crippen LogP contribution < -0.4 is 9.47 Å². The summed E-state index contributed by atoms with van der Waals surface area (Å²) in [5.74, 6) is 0.764. The Hall–Kier alpha value is -3.60. The Morgan fingerprint density at radius 2 is 1.66 bits per heavy atom. The normalized spacial score (nSPS) is 15.8. The van der Waals surface area contributed by atoms with Crippen LogP contribution in [0.1, 0.15) is 17.5 Å². The Labute approximate surface area is 227 Å². The number of hydrogen-bond donors (Lipinski definition) is 0. The minimum atomic E-state index is -4.00. The van der Waals surface area contributed by atoms with E-state index in [2.05, 4.69) is 4.40 Å². The predicted molar refractivity (Wildman–Crippen MR) is 149 cm³/mol. The number of rotatable bonds is 11. The van der Waals surface area contributed by atoms with Crippen molar-refractivity contribution in [2.75, 3.05) is 27.4 Å². The summed E-state index contributed by atoms with van der Waals surface area (Å²) in [5.41, 5.74) is 1.71. The van der Waals surface area contributed by atoms with Crippen LogP contribution in [0, 0.1) is 0 Å². The van der Waals surface area contributed by atoms with Gasteiger partial charge in [-0.2, -0.15) is 8.42 Å². The average molecular weight is 553 g/mol. The van der Waals surface area contributed by atoms with E-state index in [9.17, 15) is 13.2 Å². The standard InChI is InChI=1S/C28H28N2O6S2/c1-34-17-9-16-30-27(31)26(37-28(30)29-38(32,33)23-12-7-4-8-13-23)19-22-14-15-24(35-2)25(18-22)36-20-21-10-5-3-6-11-21/h3-8,10-15,18-19H,9,16-17,20H2,1-2H3/b26-19-,29-28?. The molecule has 3 aromatic carbocycles. The average Bonchev–Trinajstić information content (AvgIpc) is 3.21. The maximum atomic E-state index is 13.3. The Morgan fingerprint density at radius 1 is 0.947 bits per heavy atom. The number of hydrogen-bond acceptors (Lipinski definition) is 7. The zero-order chi connectivity index (χ0) is 27.0. The van der Waals surface area contributed by atoms with Crippen LogP contribution in [0.15, 0.2) is 93.1 Å². The van der Waals surface area contributed by atoms with Crippen molar-refractivity contribution < 1.29 is 27.4 Å². The van der Waals surface area contributed by atoms with Crippen LogP contribution in [0.2, 0.25) is 0 Å². The molecule has 0 N–H and O–H groups in total. The third-order valence-corrected chi connectivity index (χ3v) is 7.98. The molecule has 4 rings (SSSR count). The van der Waals surface area contributed by atoms with Crippen LogP contribution >= 0.6 is 11.8 Å². The molecule has 10 heteroatoms. The number of amides is 1. The molecule has 198 valence electrons. The molecule has 0 saturated carbocycles. The fourth-order valence-corrected chi connectivity index (χ4v) is 5.90. The maximum Gasteiger partial charge on any atom is 0.284 e. The minimum Gasteiger partial charge on any atom is -0.493 e. The first kappa shape index (κ1) is 27.4. The van der Waals surface area contributed by atoms with Crippen molar-refractivity contribution in [1.82, 2.24) is 4.90 Å². The largest absolute Gasteiger partial charge is 0.493 e. The third-order valence-electron chi connectivity index (χ3n) is 5.58. The molecule has 3 aromatic rings. The van der Waals surface area contributed by atoms with Gasteiger partial charge in [0.2, 0.25) is 0 Å². The van der Waals surface area contributed by atoms with Gasteiger partial charge in [-0.25, -0.2) is 0 Å². The number of nitrogens with zero attached hydrogens (tertiary/aromatic N) is 2. The first-order chi connectivity index (χ1) is 18.4. The Morgan fingerprint density at radius 3 is 2.34 bits per heavy atom. The van der Waals surface area contributed by atoms with Gasteiger partial charge in [0, 0.05) is 20.3 Å². The van der Waals surface area contributed by atoms with Gasteiger partial charge in [-0.1, -0.05) is 54.6 Å². The number of methoxy groups -OCH3 is 2.